The van der Waals surface area contributed by atoms with Crippen LogP contribution in [-0.4, -0.2) is 52.4 Å². The van der Waals surface area contributed by atoms with E-state index in [-0.39, 0.29) is 28.9 Å². The van der Waals surface area contributed by atoms with E-state index in [1.165, 1.54) is 4.90 Å². The number of nitrogens with zero attached hydrogens (tertiary/aromatic N) is 1. The Morgan fingerprint density at radius 1 is 1.12 bits per heavy atom. The van der Waals surface area contributed by atoms with Gasteiger partial charge in [0.1, 0.15) is 17.1 Å². The molecule has 3 aliphatic heterocycles. The first-order valence-electron chi connectivity index (χ1n) is 10.6. The number of thioether (sulfide) groups is 2. The third kappa shape index (κ3) is 4.81. The van der Waals surface area contributed by atoms with Crippen molar-refractivity contribution < 1.29 is 19.1 Å². The fourth-order valence-corrected chi connectivity index (χ4v) is 6.81. The summed E-state index contributed by atoms with van der Waals surface area (Å²) < 4.78 is 11.6. The van der Waals surface area contributed by atoms with Gasteiger partial charge in [0.05, 0.1) is 6.61 Å². The Hall–Kier alpha value is -1.97. The average molecular weight is 505 g/mol. The Kier molecular flexibility index (Phi) is 7.71. The standard InChI is InChI=1S/C24H24N2O4S2.ClH/c25-19-22(27)26-20(18(14-31-23(19)26)32-17-11-12-29-13-17)24(28)30-21(15-7-3-1-4-8-15)16-9-5-2-6-10-16;/h1-10,17,19,21,23H,11-14,25H2;1H/t17?,19?,23-;/m1./s1. The summed E-state index contributed by atoms with van der Waals surface area (Å²) in [6.45, 7) is 1.37. The average Bonchev–Trinajstić information content (AvgIpc) is 3.36. The normalized spacial score (nSPS) is 24.2. The molecule has 1 amide bonds. The molecular formula is C24H25ClN2O4S2. The number of hydrogen-bond acceptors (Lipinski definition) is 7. The molecule has 0 saturated carbocycles. The Labute approximate surface area is 207 Å². The fraction of sp³-hybridized carbons (Fsp3) is 0.333. The van der Waals surface area contributed by atoms with E-state index in [1.807, 2.05) is 60.7 Å². The summed E-state index contributed by atoms with van der Waals surface area (Å²) in [6.07, 6.45) is 0.353. The van der Waals surface area contributed by atoms with E-state index in [4.69, 9.17) is 15.2 Å². The monoisotopic (exact) mass is 504 g/mol. The van der Waals surface area contributed by atoms with E-state index in [2.05, 4.69) is 0 Å². The SMILES string of the molecule is Cl.NC1C(=O)N2C(C(=O)OC(c3ccccc3)c3ccccc3)=C(SC3CCOC3)CS[C@H]12. The molecule has 2 aromatic rings. The maximum atomic E-state index is 13.6. The number of rotatable bonds is 6. The number of fused-ring (bicyclic) bond motifs is 1. The number of halogens is 1. The number of nitrogens with two attached hydrogens (primary N) is 1. The van der Waals surface area contributed by atoms with Crippen LogP contribution in [0.15, 0.2) is 71.3 Å². The highest BCUT2D eigenvalue weighted by molar-refractivity contribution is 8.06. The number of benzene rings is 2. The number of carbonyl (C=O) groups excluding carboxylic acids is 2. The second-order valence-corrected chi connectivity index (χ2v) is 10.4. The van der Waals surface area contributed by atoms with E-state index in [1.54, 1.807) is 23.5 Å². The van der Waals surface area contributed by atoms with Crippen LogP contribution in [-0.2, 0) is 19.1 Å². The summed E-state index contributed by atoms with van der Waals surface area (Å²) in [5.41, 5.74) is 8.11. The summed E-state index contributed by atoms with van der Waals surface area (Å²) in [5.74, 6) is -0.0877. The lowest BCUT2D eigenvalue weighted by molar-refractivity contribution is -0.152. The van der Waals surface area contributed by atoms with Gasteiger partial charge in [-0.05, 0) is 17.5 Å². The highest BCUT2D eigenvalue weighted by atomic mass is 35.5. The van der Waals surface area contributed by atoms with Gasteiger partial charge in [0.25, 0.3) is 0 Å². The van der Waals surface area contributed by atoms with Crippen LogP contribution in [0, 0.1) is 0 Å². The van der Waals surface area contributed by atoms with Gasteiger partial charge in [-0.3, -0.25) is 9.69 Å². The molecule has 0 aliphatic carbocycles. The number of hydrogen-bond donors (Lipinski definition) is 1. The summed E-state index contributed by atoms with van der Waals surface area (Å²) in [7, 11) is 0. The van der Waals surface area contributed by atoms with Crippen molar-refractivity contribution in [3.05, 3.63) is 82.4 Å². The van der Waals surface area contributed by atoms with Gasteiger partial charge in [-0.25, -0.2) is 4.79 Å². The fourth-order valence-electron chi connectivity index (χ4n) is 4.12. The Balaban J connectivity index is 0.00000259. The molecule has 3 aliphatic rings. The minimum atomic E-state index is -0.580. The highest BCUT2D eigenvalue weighted by Crippen LogP contribution is 2.45. The zero-order valence-corrected chi connectivity index (χ0v) is 20.2. The van der Waals surface area contributed by atoms with Gasteiger partial charge in [-0.2, -0.15) is 0 Å². The third-order valence-corrected chi connectivity index (χ3v) is 8.61. The summed E-state index contributed by atoms with van der Waals surface area (Å²) in [6, 6.07) is 18.7. The van der Waals surface area contributed by atoms with Crippen LogP contribution < -0.4 is 5.73 Å². The van der Waals surface area contributed by atoms with Crippen LogP contribution in [0.5, 0.6) is 0 Å². The number of ether oxygens (including phenoxy) is 2. The zero-order valence-electron chi connectivity index (χ0n) is 17.8. The smallest absolute Gasteiger partial charge is 0.356 e. The van der Waals surface area contributed by atoms with Crippen molar-refractivity contribution in [1.29, 1.82) is 0 Å². The molecule has 6 nitrogen and oxygen atoms in total. The highest BCUT2D eigenvalue weighted by Gasteiger charge is 2.52. The third-order valence-electron chi connectivity index (χ3n) is 5.79. The first kappa shape index (κ1) is 24.2. The van der Waals surface area contributed by atoms with Crippen molar-refractivity contribution in [3.63, 3.8) is 0 Å². The van der Waals surface area contributed by atoms with Crippen LogP contribution in [0.25, 0.3) is 0 Å². The maximum absolute atomic E-state index is 13.6. The van der Waals surface area contributed by atoms with Crippen molar-refractivity contribution in [2.75, 3.05) is 19.0 Å². The molecule has 2 aromatic carbocycles. The number of amides is 1. The van der Waals surface area contributed by atoms with E-state index in [0.29, 0.717) is 18.1 Å². The topological polar surface area (TPSA) is 81.9 Å². The van der Waals surface area contributed by atoms with Crippen molar-refractivity contribution in [2.24, 2.45) is 5.73 Å². The zero-order chi connectivity index (χ0) is 22.1. The molecule has 0 spiro atoms. The quantitative estimate of drug-likeness (QED) is 0.474. The molecule has 3 atom stereocenters. The lowest BCUT2D eigenvalue weighted by Gasteiger charge is -2.48. The van der Waals surface area contributed by atoms with Crippen molar-refractivity contribution in [2.45, 2.75) is 29.2 Å². The molecule has 174 valence electrons. The second-order valence-electron chi connectivity index (χ2n) is 7.92. The molecule has 2 N–H and O–H groups in total. The summed E-state index contributed by atoms with van der Waals surface area (Å²) in [5, 5.41) is 0.0511. The molecule has 0 radical (unpaired) electrons. The number of carbonyl (C=O) groups is 2. The molecule has 3 heterocycles. The van der Waals surface area contributed by atoms with Gasteiger partial charge < -0.3 is 15.2 Å². The Morgan fingerprint density at radius 2 is 1.76 bits per heavy atom. The minimum Gasteiger partial charge on any atom is -0.448 e. The second kappa shape index (κ2) is 10.5. The largest absolute Gasteiger partial charge is 0.448 e. The molecular weight excluding hydrogens is 480 g/mol. The Bertz CT molecular complexity index is 992. The predicted octanol–water partition coefficient (Wildman–Crippen LogP) is 3.72. The molecule has 5 rings (SSSR count). The molecule has 2 fully saturated rings. The number of esters is 1. The van der Waals surface area contributed by atoms with Gasteiger partial charge in [-0.1, -0.05) is 60.7 Å². The first-order valence-corrected chi connectivity index (χ1v) is 12.5. The van der Waals surface area contributed by atoms with Crippen molar-refractivity contribution in [1.82, 2.24) is 4.90 Å². The lowest BCUT2D eigenvalue weighted by atomic mass is 10.0. The van der Waals surface area contributed by atoms with Crippen molar-refractivity contribution >= 4 is 47.8 Å². The van der Waals surface area contributed by atoms with Crippen LogP contribution in [0.1, 0.15) is 23.7 Å². The predicted molar refractivity (Wildman–Crippen MR) is 133 cm³/mol. The molecule has 9 heteroatoms. The Morgan fingerprint density at radius 3 is 2.33 bits per heavy atom. The van der Waals surface area contributed by atoms with Gasteiger partial charge in [0.15, 0.2) is 6.10 Å². The van der Waals surface area contributed by atoms with Crippen molar-refractivity contribution in [3.8, 4) is 0 Å². The van der Waals surface area contributed by atoms with E-state index in [9.17, 15) is 9.59 Å². The van der Waals surface area contributed by atoms with Gasteiger partial charge in [0, 0.05) is 22.5 Å². The van der Waals surface area contributed by atoms with Gasteiger partial charge in [-0.15, -0.1) is 35.9 Å². The van der Waals surface area contributed by atoms with E-state index >= 15 is 0 Å². The maximum Gasteiger partial charge on any atom is 0.356 e. The van der Waals surface area contributed by atoms with Crippen LogP contribution in [0.2, 0.25) is 0 Å². The molecule has 0 aromatic heterocycles. The molecule has 33 heavy (non-hydrogen) atoms. The van der Waals surface area contributed by atoms with E-state index in [0.717, 1.165) is 29.1 Å². The van der Waals surface area contributed by atoms with E-state index < -0.39 is 18.1 Å². The van der Waals surface area contributed by atoms with Crippen LogP contribution >= 0.6 is 35.9 Å². The minimum absolute atomic E-state index is 0. The molecule has 2 unspecified atom stereocenters. The molecule has 2 saturated heterocycles. The lowest BCUT2D eigenvalue weighted by Crippen LogP contribution is -2.68. The molecule has 0 bridgehead atoms. The van der Waals surface area contributed by atoms with Gasteiger partial charge >= 0.3 is 5.97 Å². The summed E-state index contributed by atoms with van der Waals surface area (Å²) in [4.78, 5) is 28.6. The first-order chi connectivity index (χ1) is 15.6. The number of β-lactam (4-membered cyclic amide) rings is 1. The van der Waals surface area contributed by atoms with Crippen LogP contribution in [0.3, 0.4) is 0 Å². The van der Waals surface area contributed by atoms with Crippen LogP contribution in [0.4, 0.5) is 0 Å². The van der Waals surface area contributed by atoms with Gasteiger partial charge in [0.2, 0.25) is 5.91 Å². The summed E-state index contributed by atoms with van der Waals surface area (Å²) >= 11 is 3.23.